The number of aromatic amines is 1. The van der Waals surface area contributed by atoms with Gasteiger partial charge in [-0.25, -0.2) is 4.68 Å². The van der Waals surface area contributed by atoms with Crippen molar-refractivity contribution in [3.8, 4) is 5.69 Å². The Hall–Kier alpha value is -2.94. The van der Waals surface area contributed by atoms with Crippen molar-refractivity contribution in [2.45, 2.75) is 19.8 Å². The molecule has 0 saturated carbocycles. The van der Waals surface area contributed by atoms with Crippen LogP contribution in [0.3, 0.4) is 0 Å². The predicted octanol–water partition coefficient (Wildman–Crippen LogP) is 2.83. The summed E-state index contributed by atoms with van der Waals surface area (Å²) in [6.07, 6.45) is 1.64. The first-order valence-electron chi connectivity index (χ1n) is 7.88. The zero-order valence-electron chi connectivity index (χ0n) is 14.2. The second-order valence-corrected chi connectivity index (χ2v) is 6.76. The molecule has 3 rings (SSSR count). The minimum Gasteiger partial charge on any atom is -0.364 e. The van der Waals surface area contributed by atoms with Crippen molar-refractivity contribution in [1.29, 1.82) is 0 Å². The lowest BCUT2D eigenvalue weighted by molar-refractivity contribution is 0.0992. The molecule has 0 saturated heterocycles. The van der Waals surface area contributed by atoms with Gasteiger partial charge in [0.25, 0.3) is 11.8 Å². The number of rotatable bonds is 5. The Balaban J connectivity index is 1.74. The number of benzene rings is 1. The fourth-order valence-corrected chi connectivity index (χ4v) is 3.18. The van der Waals surface area contributed by atoms with Crippen LogP contribution in [0.2, 0.25) is 0 Å². The minimum absolute atomic E-state index is 0.187. The lowest BCUT2D eigenvalue weighted by Crippen LogP contribution is -2.13. The molecule has 0 atom stereocenters. The number of nitrogens with two attached hydrogens (primary N) is 1. The predicted molar refractivity (Wildman–Crippen MR) is 100 cm³/mol. The molecule has 2 amide bonds. The maximum atomic E-state index is 12.4. The highest BCUT2D eigenvalue weighted by Crippen LogP contribution is 2.26. The molecule has 0 unspecified atom stereocenters. The van der Waals surface area contributed by atoms with E-state index in [1.54, 1.807) is 36.5 Å². The summed E-state index contributed by atoms with van der Waals surface area (Å²) in [5.41, 5.74) is 7.90. The van der Waals surface area contributed by atoms with Gasteiger partial charge in [-0.2, -0.15) is 10.2 Å². The monoisotopic (exact) mass is 416 g/mol. The smallest absolute Gasteiger partial charge is 0.277 e. The van der Waals surface area contributed by atoms with E-state index >= 15 is 0 Å². The first-order chi connectivity index (χ1) is 12.4. The lowest BCUT2D eigenvalue weighted by Gasteiger charge is -2.06. The van der Waals surface area contributed by atoms with E-state index in [0.29, 0.717) is 15.9 Å². The van der Waals surface area contributed by atoms with E-state index in [2.05, 4.69) is 36.5 Å². The van der Waals surface area contributed by atoms with Crippen molar-refractivity contribution in [3.05, 3.63) is 58.1 Å². The number of nitrogens with zero attached hydrogens (tertiary/aromatic N) is 3. The third-order valence-electron chi connectivity index (χ3n) is 3.76. The van der Waals surface area contributed by atoms with Gasteiger partial charge in [0.1, 0.15) is 5.69 Å². The second kappa shape index (κ2) is 7.12. The summed E-state index contributed by atoms with van der Waals surface area (Å²) in [4.78, 5) is 23.5. The van der Waals surface area contributed by atoms with Crippen LogP contribution < -0.4 is 11.1 Å². The van der Waals surface area contributed by atoms with Crippen LogP contribution in [0.1, 0.15) is 46.4 Å². The fraction of sp³-hybridized carbons (Fsp3) is 0.176. The molecule has 26 heavy (non-hydrogen) atoms. The zero-order valence-corrected chi connectivity index (χ0v) is 15.7. The summed E-state index contributed by atoms with van der Waals surface area (Å²) in [5.74, 6) is -0.682. The van der Waals surface area contributed by atoms with Gasteiger partial charge in [-0.3, -0.25) is 14.7 Å². The van der Waals surface area contributed by atoms with Gasteiger partial charge >= 0.3 is 0 Å². The molecule has 1 aromatic carbocycles. The van der Waals surface area contributed by atoms with Crippen LogP contribution >= 0.6 is 15.9 Å². The van der Waals surface area contributed by atoms with E-state index in [9.17, 15) is 9.59 Å². The van der Waals surface area contributed by atoms with E-state index in [0.717, 1.165) is 11.4 Å². The number of carbonyl (C=O) groups is 2. The Morgan fingerprint density at radius 3 is 2.46 bits per heavy atom. The molecule has 0 fully saturated rings. The number of nitrogens with one attached hydrogen (secondary N) is 2. The number of carbonyl (C=O) groups excluding carboxylic acids is 2. The molecule has 0 aliphatic rings. The van der Waals surface area contributed by atoms with Gasteiger partial charge in [-0.1, -0.05) is 13.8 Å². The topological polar surface area (TPSA) is 119 Å². The van der Waals surface area contributed by atoms with Crippen molar-refractivity contribution in [1.82, 2.24) is 20.0 Å². The molecule has 8 nitrogen and oxygen atoms in total. The van der Waals surface area contributed by atoms with Gasteiger partial charge in [-0.15, -0.1) is 0 Å². The molecular formula is C17H17BrN6O2. The van der Waals surface area contributed by atoms with Crippen LogP contribution in [-0.4, -0.2) is 31.8 Å². The van der Waals surface area contributed by atoms with Gasteiger partial charge < -0.3 is 11.1 Å². The number of anilines is 1. The number of hydrogen-bond acceptors (Lipinski definition) is 4. The number of hydrogen-bond donors (Lipinski definition) is 3. The highest BCUT2D eigenvalue weighted by Gasteiger charge is 2.19. The van der Waals surface area contributed by atoms with Crippen molar-refractivity contribution in [3.63, 3.8) is 0 Å². The van der Waals surface area contributed by atoms with Crippen LogP contribution in [0.25, 0.3) is 5.69 Å². The summed E-state index contributed by atoms with van der Waals surface area (Å²) >= 11 is 3.42. The Morgan fingerprint density at radius 2 is 1.92 bits per heavy atom. The van der Waals surface area contributed by atoms with E-state index in [1.165, 1.54) is 4.68 Å². The SMILES string of the molecule is CC(C)c1[nH]nc(C(=O)Nc2ccc(-n3ccc(C(N)=O)n3)cc2)c1Br. The first-order valence-corrected chi connectivity index (χ1v) is 8.67. The van der Waals surface area contributed by atoms with Crippen LogP contribution in [0.4, 0.5) is 5.69 Å². The summed E-state index contributed by atoms with van der Waals surface area (Å²) in [7, 11) is 0. The molecule has 3 aromatic rings. The highest BCUT2D eigenvalue weighted by atomic mass is 79.9. The van der Waals surface area contributed by atoms with Crippen molar-refractivity contribution >= 4 is 33.4 Å². The average Bonchev–Trinajstić information content (AvgIpc) is 3.22. The zero-order chi connectivity index (χ0) is 18.8. The summed E-state index contributed by atoms with van der Waals surface area (Å²) in [6, 6.07) is 8.56. The van der Waals surface area contributed by atoms with Crippen molar-refractivity contribution in [2.24, 2.45) is 5.73 Å². The van der Waals surface area contributed by atoms with Crippen LogP contribution in [0, 0.1) is 0 Å². The number of H-pyrrole nitrogens is 1. The number of amides is 2. The molecule has 0 radical (unpaired) electrons. The molecule has 134 valence electrons. The maximum Gasteiger partial charge on any atom is 0.277 e. The van der Waals surface area contributed by atoms with E-state index in [-0.39, 0.29) is 17.5 Å². The Morgan fingerprint density at radius 1 is 1.23 bits per heavy atom. The van der Waals surface area contributed by atoms with Crippen molar-refractivity contribution in [2.75, 3.05) is 5.32 Å². The van der Waals surface area contributed by atoms with Crippen LogP contribution in [-0.2, 0) is 0 Å². The molecule has 9 heteroatoms. The fourth-order valence-electron chi connectivity index (χ4n) is 2.36. The summed E-state index contributed by atoms with van der Waals surface area (Å²) < 4.78 is 2.20. The molecule has 0 aliphatic heterocycles. The van der Waals surface area contributed by atoms with E-state index < -0.39 is 5.91 Å². The average molecular weight is 417 g/mol. The highest BCUT2D eigenvalue weighted by molar-refractivity contribution is 9.10. The van der Waals surface area contributed by atoms with E-state index in [4.69, 9.17) is 5.73 Å². The molecule has 0 aliphatic carbocycles. The molecule has 0 bridgehead atoms. The molecule has 4 N–H and O–H groups in total. The number of aromatic nitrogens is 4. The number of halogens is 1. The summed E-state index contributed by atoms with van der Waals surface area (Å²) in [6.45, 7) is 4.02. The molecule has 0 spiro atoms. The van der Waals surface area contributed by atoms with Gasteiger partial charge in [-0.05, 0) is 52.2 Å². The third kappa shape index (κ3) is 3.52. The largest absolute Gasteiger partial charge is 0.364 e. The Labute approximate surface area is 157 Å². The quantitative estimate of drug-likeness (QED) is 0.592. The Kier molecular flexibility index (Phi) is 4.90. The Bertz CT molecular complexity index is 958. The van der Waals surface area contributed by atoms with Crippen LogP contribution in [0.15, 0.2) is 41.0 Å². The maximum absolute atomic E-state index is 12.4. The normalized spacial score (nSPS) is 10.9. The second-order valence-electron chi connectivity index (χ2n) is 5.97. The van der Waals surface area contributed by atoms with E-state index in [1.807, 2.05) is 13.8 Å². The van der Waals surface area contributed by atoms with Crippen LogP contribution in [0.5, 0.6) is 0 Å². The van der Waals surface area contributed by atoms with Gasteiger partial charge in [0.2, 0.25) is 0 Å². The molecular weight excluding hydrogens is 400 g/mol. The molecule has 2 aromatic heterocycles. The lowest BCUT2D eigenvalue weighted by atomic mass is 10.1. The van der Waals surface area contributed by atoms with Gasteiger partial charge in [0.05, 0.1) is 15.9 Å². The number of primary amides is 1. The van der Waals surface area contributed by atoms with Crippen molar-refractivity contribution < 1.29 is 9.59 Å². The standard InChI is InChI=1S/C17H17BrN6O2/c1-9(2)14-13(18)15(22-21-14)17(26)20-10-3-5-11(6-4-10)24-8-7-12(23-24)16(19)25/h3-9H,1-2H3,(H2,19,25)(H,20,26)(H,21,22). The summed E-state index contributed by atoms with van der Waals surface area (Å²) in [5, 5.41) is 13.8. The molecule has 2 heterocycles. The minimum atomic E-state index is -0.585. The third-order valence-corrected chi connectivity index (χ3v) is 4.56. The van der Waals surface area contributed by atoms with Gasteiger partial charge in [0, 0.05) is 11.9 Å². The van der Waals surface area contributed by atoms with Gasteiger partial charge in [0.15, 0.2) is 5.69 Å². The first kappa shape index (κ1) is 17.9.